The fourth-order valence-electron chi connectivity index (χ4n) is 2.45. The number of hydrogen-bond acceptors (Lipinski definition) is 5. The van der Waals surface area contributed by atoms with Crippen molar-refractivity contribution in [3.05, 3.63) is 51.2 Å². The Kier molecular flexibility index (Phi) is 3.44. The van der Waals surface area contributed by atoms with Crippen LogP contribution in [0.2, 0.25) is 0 Å². The second-order valence-corrected chi connectivity index (χ2v) is 6.28. The summed E-state index contributed by atoms with van der Waals surface area (Å²) in [4.78, 5) is 1.24. The van der Waals surface area contributed by atoms with Crippen molar-refractivity contribution in [2.24, 2.45) is 0 Å². The van der Waals surface area contributed by atoms with Crippen LogP contribution in [-0.2, 0) is 6.42 Å². The van der Waals surface area contributed by atoms with Gasteiger partial charge in [0.15, 0.2) is 16.3 Å². The zero-order chi connectivity index (χ0) is 14.9. The minimum atomic E-state index is 0.565. The first-order chi connectivity index (χ1) is 10.8. The predicted molar refractivity (Wildman–Crippen MR) is 86.9 cm³/mol. The van der Waals surface area contributed by atoms with Gasteiger partial charge < -0.3 is 9.47 Å². The smallest absolute Gasteiger partial charge is 0.199 e. The quantitative estimate of drug-likeness (QED) is 0.748. The molecule has 0 radical (unpaired) electrons. The van der Waals surface area contributed by atoms with Gasteiger partial charge in [-0.05, 0) is 35.8 Å². The zero-order valence-corrected chi connectivity index (χ0v) is 13.2. The molecule has 3 aromatic rings. The van der Waals surface area contributed by atoms with Crippen molar-refractivity contribution in [3.8, 4) is 17.2 Å². The van der Waals surface area contributed by atoms with Gasteiger partial charge in [-0.25, -0.2) is 0 Å². The second-order valence-electron chi connectivity index (χ2n) is 4.86. The van der Waals surface area contributed by atoms with Gasteiger partial charge in [0.1, 0.15) is 19.0 Å². The molecule has 0 spiro atoms. The molecule has 1 aliphatic heterocycles. The molecule has 0 aliphatic carbocycles. The molecule has 0 saturated carbocycles. The van der Waals surface area contributed by atoms with E-state index in [-0.39, 0.29) is 0 Å². The summed E-state index contributed by atoms with van der Waals surface area (Å²) in [6.07, 6.45) is 0.735. The van der Waals surface area contributed by atoms with Gasteiger partial charge in [0, 0.05) is 17.4 Å². The van der Waals surface area contributed by atoms with Gasteiger partial charge in [-0.2, -0.15) is 5.10 Å². The number of benzene rings is 1. The molecule has 1 aliphatic rings. The summed E-state index contributed by atoms with van der Waals surface area (Å²) in [6.45, 7) is 1.15. The lowest BCUT2D eigenvalue weighted by Crippen LogP contribution is -2.15. The molecule has 112 valence electrons. The summed E-state index contributed by atoms with van der Waals surface area (Å²) in [5.41, 5.74) is 0.926. The van der Waals surface area contributed by atoms with Gasteiger partial charge in [0.05, 0.1) is 5.69 Å². The van der Waals surface area contributed by atoms with Crippen LogP contribution in [0.5, 0.6) is 11.5 Å². The fraction of sp³-hybridized carbons (Fsp3) is 0.200. The van der Waals surface area contributed by atoms with E-state index in [0.717, 1.165) is 29.4 Å². The van der Waals surface area contributed by atoms with Crippen LogP contribution in [0.4, 0.5) is 0 Å². The van der Waals surface area contributed by atoms with Crippen LogP contribution in [0.15, 0.2) is 35.7 Å². The minimum absolute atomic E-state index is 0.565. The van der Waals surface area contributed by atoms with Gasteiger partial charge in [-0.3, -0.25) is 9.67 Å². The number of aromatic amines is 1. The van der Waals surface area contributed by atoms with Gasteiger partial charge in [0.25, 0.3) is 0 Å². The van der Waals surface area contributed by atoms with Gasteiger partial charge in [-0.15, -0.1) is 11.3 Å². The Morgan fingerprint density at radius 1 is 1.23 bits per heavy atom. The predicted octanol–water partition coefficient (Wildman–Crippen LogP) is 3.35. The van der Waals surface area contributed by atoms with E-state index in [9.17, 15) is 0 Å². The first kappa shape index (κ1) is 13.5. The molecule has 4 rings (SSSR count). The summed E-state index contributed by atoms with van der Waals surface area (Å²) in [5.74, 6) is 2.39. The number of fused-ring (bicyclic) bond motifs is 1. The number of aromatic nitrogens is 3. The van der Waals surface area contributed by atoms with E-state index in [0.29, 0.717) is 18.0 Å². The van der Waals surface area contributed by atoms with Gasteiger partial charge in [-0.1, -0.05) is 6.07 Å². The highest BCUT2D eigenvalue weighted by Gasteiger charge is 2.15. The van der Waals surface area contributed by atoms with Crippen molar-refractivity contribution in [1.29, 1.82) is 0 Å². The Balaban J connectivity index is 1.76. The lowest BCUT2D eigenvalue weighted by molar-refractivity contribution is 0.171. The SMILES string of the molecule is S=c1[nH]nc(Cc2cccs2)n1-c1ccc2c(c1)OCCO2. The van der Waals surface area contributed by atoms with Crippen LogP contribution < -0.4 is 9.47 Å². The van der Waals surface area contributed by atoms with E-state index in [1.165, 1.54) is 4.88 Å². The third-order valence-electron chi connectivity index (χ3n) is 3.44. The summed E-state index contributed by atoms with van der Waals surface area (Å²) in [6, 6.07) is 9.95. The molecule has 0 atom stereocenters. The molecule has 0 amide bonds. The third kappa shape index (κ3) is 2.42. The van der Waals surface area contributed by atoms with Crippen molar-refractivity contribution < 1.29 is 9.47 Å². The van der Waals surface area contributed by atoms with Crippen molar-refractivity contribution in [2.75, 3.05) is 13.2 Å². The van der Waals surface area contributed by atoms with E-state index in [1.807, 2.05) is 28.8 Å². The highest BCUT2D eigenvalue weighted by Crippen LogP contribution is 2.32. The van der Waals surface area contributed by atoms with E-state index in [4.69, 9.17) is 21.7 Å². The van der Waals surface area contributed by atoms with Crippen LogP contribution in [0.25, 0.3) is 5.69 Å². The van der Waals surface area contributed by atoms with E-state index < -0.39 is 0 Å². The molecule has 2 aromatic heterocycles. The number of hydrogen-bond donors (Lipinski definition) is 1. The standard InChI is InChI=1S/C15H13N3O2S2/c21-15-17-16-14(9-11-2-1-7-22-11)18(15)10-3-4-12-13(8-10)20-6-5-19-12/h1-4,7-8H,5-6,9H2,(H,17,21). The number of ether oxygens (including phenoxy) is 2. The molecular formula is C15H13N3O2S2. The maximum atomic E-state index is 5.65. The van der Waals surface area contributed by atoms with Crippen LogP contribution in [-0.4, -0.2) is 28.0 Å². The maximum absolute atomic E-state index is 5.65. The third-order valence-corrected chi connectivity index (χ3v) is 4.59. The Labute approximate surface area is 136 Å². The molecule has 0 fully saturated rings. The van der Waals surface area contributed by atoms with E-state index >= 15 is 0 Å². The molecule has 7 heteroatoms. The molecule has 22 heavy (non-hydrogen) atoms. The molecule has 0 saturated heterocycles. The number of nitrogens with one attached hydrogen (secondary N) is 1. The van der Waals surface area contributed by atoms with Crippen LogP contribution >= 0.6 is 23.6 Å². The molecule has 0 bridgehead atoms. The van der Waals surface area contributed by atoms with Crippen molar-refractivity contribution in [3.63, 3.8) is 0 Å². The average Bonchev–Trinajstić information content (AvgIpc) is 3.17. The summed E-state index contributed by atoms with van der Waals surface area (Å²) in [5, 5.41) is 9.30. The van der Waals surface area contributed by atoms with Crippen molar-refractivity contribution in [2.45, 2.75) is 6.42 Å². The van der Waals surface area contributed by atoms with Crippen molar-refractivity contribution in [1.82, 2.24) is 14.8 Å². The Hall–Kier alpha value is -2.12. The topological polar surface area (TPSA) is 52.1 Å². The van der Waals surface area contributed by atoms with E-state index in [1.54, 1.807) is 11.3 Å². The molecule has 0 unspecified atom stereocenters. The summed E-state index contributed by atoms with van der Waals surface area (Å²) in [7, 11) is 0. The fourth-order valence-corrected chi connectivity index (χ4v) is 3.41. The summed E-state index contributed by atoms with van der Waals surface area (Å²) >= 11 is 7.09. The lowest BCUT2D eigenvalue weighted by atomic mass is 10.2. The summed E-state index contributed by atoms with van der Waals surface area (Å²) < 4.78 is 13.7. The van der Waals surface area contributed by atoms with Crippen molar-refractivity contribution >= 4 is 23.6 Å². The van der Waals surface area contributed by atoms with Crippen LogP contribution in [0, 0.1) is 4.77 Å². The normalized spacial score (nSPS) is 13.3. The molecule has 1 N–H and O–H groups in total. The first-order valence-corrected chi connectivity index (χ1v) is 8.19. The number of thiophene rings is 1. The Bertz CT molecular complexity index is 852. The minimum Gasteiger partial charge on any atom is -0.486 e. The molecule has 5 nitrogen and oxygen atoms in total. The van der Waals surface area contributed by atoms with Gasteiger partial charge in [0.2, 0.25) is 0 Å². The zero-order valence-electron chi connectivity index (χ0n) is 11.6. The van der Waals surface area contributed by atoms with Crippen LogP contribution in [0.3, 0.4) is 0 Å². The lowest BCUT2D eigenvalue weighted by Gasteiger charge is -2.19. The Morgan fingerprint density at radius 2 is 2.09 bits per heavy atom. The number of nitrogens with zero attached hydrogens (tertiary/aromatic N) is 2. The highest BCUT2D eigenvalue weighted by molar-refractivity contribution is 7.71. The largest absolute Gasteiger partial charge is 0.486 e. The maximum Gasteiger partial charge on any atom is 0.199 e. The molecular weight excluding hydrogens is 318 g/mol. The molecule has 3 heterocycles. The number of rotatable bonds is 3. The monoisotopic (exact) mass is 331 g/mol. The van der Waals surface area contributed by atoms with Gasteiger partial charge >= 0.3 is 0 Å². The second kappa shape index (κ2) is 5.58. The van der Waals surface area contributed by atoms with E-state index in [2.05, 4.69) is 21.6 Å². The van der Waals surface area contributed by atoms with Crippen LogP contribution in [0.1, 0.15) is 10.7 Å². The average molecular weight is 331 g/mol. The highest BCUT2D eigenvalue weighted by atomic mass is 32.1. The number of H-pyrrole nitrogens is 1. The Morgan fingerprint density at radius 3 is 2.91 bits per heavy atom. The first-order valence-electron chi connectivity index (χ1n) is 6.90. The molecule has 1 aromatic carbocycles.